The van der Waals surface area contributed by atoms with Gasteiger partial charge in [-0.3, -0.25) is 24.7 Å². The molecule has 1 aliphatic heterocycles. The third kappa shape index (κ3) is 6.53. The SMILES string of the molecule is CCOC(=O)c1c2ccc(CC(=O)N(CC)OCC(=O)NC3=NCCN3)ccc-2c(C(=O)OCC)c1N. The summed E-state index contributed by atoms with van der Waals surface area (Å²) in [6, 6.07) is 6.54. The molecule has 2 aliphatic carbocycles. The molecular formula is C25H31N5O7. The van der Waals surface area contributed by atoms with E-state index < -0.39 is 17.8 Å². The Balaban J connectivity index is 1.80. The summed E-state index contributed by atoms with van der Waals surface area (Å²) in [5.41, 5.74) is 7.70. The van der Waals surface area contributed by atoms with Gasteiger partial charge in [-0.1, -0.05) is 24.3 Å². The maximum Gasteiger partial charge on any atom is 0.340 e. The number of anilines is 1. The second-order valence-electron chi connectivity index (χ2n) is 7.92. The number of ether oxygens (including phenoxy) is 2. The number of fused-ring (bicyclic) bond motifs is 1. The molecule has 0 radical (unpaired) electrons. The van der Waals surface area contributed by atoms with Crippen molar-refractivity contribution in [2.45, 2.75) is 27.2 Å². The Morgan fingerprint density at radius 1 is 1.00 bits per heavy atom. The van der Waals surface area contributed by atoms with Gasteiger partial charge in [-0.2, -0.15) is 0 Å². The van der Waals surface area contributed by atoms with Crippen molar-refractivity contribution in [3.63, 3.8) is 0 Å². The van der Waals surface area contributed by atoms with E-state index in [9.17, 15) is 19.2 Å². The van der Waals surface area contributed by atoms with Crippen molar-refractivity contribution in [3.8, 4) is 11.1 Å². The molecule has 0 aromatic carbocycles. The van der Waals surface area contributed by atoms with E-state index in [4.69, 9.17) is 20.0 Å². The number of hydrogen-bond donors (Lipinski definition) is 3. The Morgan fingerprint density at radius 3 is 2.08 bits per heavy atom. The fourth-order valence-electron chi connectivity index (χ4n) is 3.82. The van der Waals surface area contributed by atoms with Crippen LogP contribution in [-0.2, 0) is 30.3 Å². The Labute approximate surface area is 214 Å². The average Bonchev–Trinajstić information content (AvgIpc) is 3.41. The van der Waals surface area contributed by atoms with Gasteiger partial charge in [0.15, 0.2) is 12.6 Å². The number of nitrogens with two attached hydrogens (primary N) is 1. The van der Waals surface area contributed by atoms with Crippen LogP contribution in [0.2, 0.25) is 0 Å². The average molecular weight is 514 g/mol. The van der Waals surface area contributed by atoms with Crippen LogP contribution in [0.25, 0.3) is 11.1 Å². The zero-order valence-corrected chi connectivity index (χ0v) is 21.1. The summed E-state index contributed by atoms with van der Waals surface area (Å²) in [4.78, 5) is 59.7. The van der Waals surface area contributed by atoms with Crippen molar-refractivity contribution >= 4 is 35.4 Å². The van der Waals surface area contributed by atoms with Crippen LogP contribution in [0.4, 0.5) is 5.69 Å². The Bertz CT molecular complexity index is 1120. The maximum atomic E-state index is 12.9. The molecule has 0 saturated carbocycles. The van der Waals surface area contributed by atoms with Gasteiger partial charge in [0.05, 0.1) is 43.0 Å². The number of aliphatic imine (C=N–C) groups is 1. The van der Waals surface area contributed by atoms with E-state index in [1.54, 1.807) is 45.0 Å². The number of carbonyl (C=O) groups is 4. The van der Waals surface area contributed by atoms with E-state index in [2.05, 4.69) is 15.6 Å². The van der Waals surface area contributed by atoms with Crippen molar-refractivity contribution in [1.29, 1.82) is 0 Å². The van der Waals surface area contributed by atoms with Gasteiger partial charge in [0.2, 0.25) is 0 Å². The number of nitrogen functional groups attached to an aromatic ring is 1. The number of nitrogens with zero attached hydrogens (tertiary/aromatic N) is 2. The third-order valence-corrected chi connectivity index (χ3v) is 5.46. The molecule has 3 rings (SSSR count). The summed E-state index contributed by atoms with van der Waals surface area (Å²) in [5.74, 6) is -1.77. The minimum atomic E-state index is -0.660. The summed E-state index contributed by atoms with van der Waals surface area (Å²) in [7, 11) is 0. The van der Waals surface area contributed by atoms with Crippen molar-refractivity contribution in [2.24, 2.45) is 4.99 Å². The van der Waals surface area contributed by atoms with Gasteiger partial charge in [-0.25, -0.2) is 14.7 Å². The van der Waals surface area contributed by atoms with Gasteiger partial charge < -0.3 is 20.5 Å². The van der Waals surface area contributed by atoms with Crippen LogP contribution in [0.3, 0.4) is 0 Å². The summed E-state index contributed by atoms with van der Waals surface area (Å²) in [5, 5.41) is 6.58. The van der Waals surface area contributed by atoms with Crippen molar-refractivity contribution < 1.29 is 33.5 Å². The molecule has 12 nitrogen and oxygen atoms in total. The minimum absolute atomic E-state index is 0.0154. The fourth-order valence-corrected chi connectivity index (χ4v) is 3.82. The minimum Gasteiger partial charge on any atom is -0.462 e. The molecule has 0 atom stereocenters. The van der Waals surface area contributed by atoms with E-state index in [1.165, 1.54) is 0 Å². The van der Waals surface area contributed by atoms with Crippen molar-refractivity contribution in [2.75, 3.05) is 45.2 Å². The highest BCUT2D eigenvalue weighted by Gasteiger charge is 2.30. The highest BCUT2D eigenvalue weighted by Crippen LogP contribution is 2.39. The third-order valence-electron chi connectivity index (χ3n) is 5.46. The summed E-state index contributed by atoms with van der Waals surface area (Å²) in [6.07, 6.45) is -0.0556. The molecule has 1 heterocycles. The number of likely N-dealkylation sites (N-methyl/N-ethyl adjacent to an activating group) is 1. The molecule has 4 N–H and O–H groups in total. The summed E-state index contributed by atoms with van der Waals surface area (Å²) in [6.45, 7) is 6.41. The van der Waals surface area contributed by atoms with Crippen LogP contribution < -0.4 is 16.4 Å². The Morgan fingerprint density at radius 2 is 1.59 bits per heavy atom. The van der Waals surface area contributed by atoms with Crippen LogP contribution in [0, 0.1) is 0 Å². The number of esters is 2. The van der Waals surface area contributed by atoms with Crippen molar-refractivity contribution in [1.82, 2.24) is 15.7 Å². The number of guanidine groups is 1. The zero-order chi connectivity index (χ0) is 26.9. The fraction of sp³-hybridized carbons (Fsp3) is 0.400. The molecule has 0 saturated heterocycles. The van der Waals surface area contributed by atoms with Gasteiger partial charge in [-0.05, 0) is 37.5 Å². The lowest BCUT2D eigenvalue weighted by Crippen LogP contribution is -2.42. The standard InChI is InChI=1S/C25H31N5O7/c1-4-30(37-14-18(31)29-25-27-11-12-28-25)19(32)13-15-7-9-16-17(10-8-15)21(24(34)36-6-3)22(26)20(16)23(33)35-5-2/h7-10H,4-6,11-14,26H2,1-3H3,(H2,27,28,29,31). The summed E-state index contributed by atoms with van der Waals surface area (Å²) < 4.78 is 10.3. The lowest BCUT2D eigenvalue weighted by Gasteiger charge is -2.19. The van der Waals surface area contributed by atoms with E-state index >= 15 is 0 Å². The number of hydroxylamine groups is 2. The van der Waals surface area contributed by atoms with Gasteiger partial charge in [0.1, 0.15) is 0 Å². The molecule has 2 amide bonds. The molecule has 0 fully saturated rings. The molecule has 3 aliphatic rings. The lowest BCUT2D eigenvalue weighted by atomic mass is 10.1. The van der Waals surface area contributed by atoms with Gasteiger partial charge in [0.25, 0.3) is 11.8 Å². The monoisotopic (exact) mass is 513 g/mol. The van der Waals surface area contributed by atoms with Crippen LogP contribution in [0.5, 0.6) is 0 Å². The van der Waals surface area contributed by atoms with Gasteiger partial charge in [0, 0.05) is 13.1 Å². The molecule has 198 valence electrons. The second kappa shape index (κ2) is 12.7. The quantitative estimate of drug-likeness (QED) is 0.312. The second-order valence-corrected chi connectivity index (χ2v) is 7.92. The molecular weight excluding hydrogens is 482 g/mol. The predicted octanol–water partition coefficient (Wildman–Crippen LogP) is 1.13. The normalized spacial score (nSPS) is 12.5. The van der Waals surface area contributed by atoms with E-state index in [-0.39, 0.29) is 55.5 Å². The Kier molecular flexibility index (Phi) is 9.39. The first kappa shape index (κ1) is 27.4. The topological polar surface area (TPSA) is 162 Å². The number of rotatable bonds is 10. The molecule has 37 heavy (non-hydrogen) atoms. The van der Waals surface area contributed by atoms with Crippen LogP contribution in [0.1, 0.15) is 47.1 Å². The smallest absolute Gasteiger partial charge is 0.340 e. The highest BCUT2D eigenvalue weighted by molar-refractivity contribution is 6.15. The van der Waals surface area contributed by atoms with E-state index in [1.807, 2.05) is 0 Å². The number of amides is 2. The number of nitrogens with one attached hydrogen (secondary N) is 2. The highest BCUT2D eigenvalue weighted by atomic mass is 16.7. The molecule has 0 spiro atoms. The molecule has 0 unspecified atom stereocenters. The van der Waals surface area contributed by atoms with Crippen LogP contribution >= 0.6 is 0 Å². The largest absolute Gasteiger partial charge is 0.462 e. The van der Waals surface area contributed by atoms with Crippen LogP contribution in [-0.4, -0.2) is 74.2 Å². The molecule has 0 bridgehead atoms. The molecule has 0 aromatic rings. The predicted molar refractivity (Wildman–Crippen MR) is 135 cm³/mol. The van der Waals surface area contributed by atoms with Gasteiger partial charge >= 0.3 is 11.9 Å². The van der Waals surface area contributed by atoms with E-state index in [0.717, 1.165) is 5.06 Å². The molecule has 0 aromatic heterocycles. The van der Waals surface area contributed by atoms with E-state index in [0.29, 0.717) is 35.7 Å². The summed E-state index contributed by atoms with van der Waals surface area (Å²) >= 11 is 0. The van der Waals surface area contributed by atoms with Crippen molar-refractivity contribution in [3.05, 3.63) is 41.0 Å². The number of carbonyl (C=O) groups excluding carboxylic acids is 4. The first-order valence-electron chi connectivity index (χ1n) is 12.0. The number of hydrogen-bond acceptors (Lipinski definition) is 10. The first-order chi connectivity index (χ1) is 17.8. The van der Waals surface area contributed by atoms with Gasteiger partial charge in [-0.15, -0.1) is 0 Å². The lowest BCUT2D eigenvalue weighted by molar-refractivity contribution is -0.186. The molecule has 12 heteroatoms. The first-order valence-corrected chi connectivity index (χ1v) is 12.0. The maximum absolute atomic E-state index is 12.9. The Hall–Kier alpha value is -4.19. The van der Waals surface area contributed by atoms with Crippen LogP contribution in [0.15, 0.2) is 29.3 Å². The zero-order valence-electron chi connectivity index (χ0n) is 21.1.